The molecule has 0 saturated carbocycles. The Kier molecular flexibility index (Phi) is 25.1. The van der Waals surface area contributed by atoms with Gasteiger partial charge < -0.3 is 30.5 Å². The first kappa shape index (κ1) is 30.1. The van der Waals surface area contributed by atoms with E-state index in [9.17, 15) is 0 Å². The van der Waals surface area contributed by atoms with Gasteiger partial charge in [-0.15, -0.1) is 12.5 Å². The molecular formula is C15H30Cl2NSi2Ti. The Morgan fingerprint density at radius 3 is 1.95 bits per heavy atom. The van der Waals surface area contributed by atoms with E-state index in [0.717, 1.165) is 15.9 Å². The van der Waals surface area contributed by atoms with Gasteiger partial charge in [0.1, 0.15) is 0 Å². The zero-order valence-corrected chi connectivity index (χ0v) is 19.3. The molecule has 1 saturated heterocycles. The molecule has 2 rings (SSSR count). The summed E-state index contributed by atoms with van der Waals surface area (Å²) in [5, 5.41) is 1.68. The van der Waals surface area contributed by atoms with E-state index in [1.54, 1.807) is 5.20 Å². The van der Waals surface area contributed by atoms with Crippen molar-refractivity contribution < 1.29 is 46.5 Å². The topological polar surface area (TPSA) is 23.8 Å². The monoisotopic (exact) mass is 398 g/mol. The summed E-state index contributed by atoms with van der Waals surface area (Å²) >= 11 is 0. The minimum absolute atomic E-state index is 0. The second-order valence-electron chi connectivity index (χ2n) is 5.53. The van der Waals surface area contributed by atoms with Gasteiger partial charge in [-0.1, -0.05) is 58.4 Å². The van der Waals surface area contributed by atoms with Crippen LogP contribution in [0.2, 0.25) is 31.7 Å². The first-order chi connectivity index (χ1) is 8.50. The summed E-state index contributed by atoms with van der Waals surface area (Å²) in [6.45, 7) is 10.8. The van der Waals surface area contributed by atoms with E-state index in [1.807, 2.05) is 13.8 Å². The normalized spacial score (nSPS) is 17.7. The molecule has 6 heteroatoms. The maximum absolute atomic E-state index is 6.83. The van der Waals surface area contributed by atoms with Gasteiger partial charge in [0.05, 0.1) is 8.07 Å². The quantitative estimate of drug-likeness (QED) is 0.423. The van der Waals surface area contributed by atoms with Gasteiger partial charge in [-0.25, -0.2) is 12.2 Å². The van der Waals surface area contributed by atoms with Gasteiger partial charge in [-0.3, -0.25) is 6.08 Å². The van der Waals surface area contributed by atoms with E-state index >= 15 is 0 Å². The molecule has 121 valence electrons. The van der Waals surface area contributed by atoms with Crippen LogP contribution < -0.4 is 24.8 Å². The van der Waals surface area contributed by atoms with Crippen molar-refractivity contribution in [3.8, 4) is 0 Å². The van der Waals surface area contributed by atoms with Crippen LogP contribution in [0.4, 0.5) is 0 Å². The molecular weight excluding hydrogens is 369 g/mol. The van der Waals surface area contributed by atoms with Crippen LogP contribution >= 0.6 is 0 Å². The molecule has 21 heavy (non-hydrogen) atoms. The van der Waals surface area contributed by atoms with Crippen molar-refractivity contribution in [2.75, 3.05) is 0 Å². The van der Waals surface area contributed by atoms with Crippen LogP contribution in [0.3, 0.4) is 0 Å². The molecule has 2 aliphatic rings. The average molecular weight is 399 g/mol. The summed E-state index contributed by atoms with van der Waals surface area (Å²) in [5.74, 6) is 0. The molecule has 1 aliphatic carbocycles. The molecule has 1 heterocycles. The molecule has 1 aliphatic heterocycles. The zero-order valence-electron chi connectivity index (χ0n) is 14.1. The maximum atomic E-state index is 6.83. The van der Waals surface area contributed by atoms with Crippen LogP contribution in [0.25, 0.3) is 5.73 Å². The standard InChI is InChI=1S/C9H13Si.C4H10N.C2H7Si.2ClH.Ti/c1-10(7-4-8-10)9-5-2-3-6-9;1-3-4(2)5;1-3-2;;;/h2-3H,4-5,7-8H2,1H3;4-5H,3H2,1-2H3;3H,1-2H3;2*1H;/q2*-1;;;;+4/p-2. The van der Waals surface area contributed by atoms with Crippen LogP contribution in [0.1, 0.15) is 33.1 Å². The Balaban J connectivity index is -0.000000116. The van der Waals surface area contributed by atoms with Gasteiger partial charge in [-0.05, 0) is 0 Å². The summed E-state index contributed by atoms with van der Waals surface area (Å²) in [6, 6.07) is 3.18. The van der Waals surface area contributed by atoms with Crippen molar-refractivity contribution in [1.29, 1.82) is 0 Å². The van der Waals surface area contributed by atoms with Crippen molar-refractivity contribution in [2.45, 2.75) is 70.9 Å². The van der Waals surface area contributed by atoms with E-state index in [0.29, 0.717) is 0 Å². The van der Waals surface area contributed by atoms with E-state index < -0.39 is 8.07 Å². The molecule has 0 bridgehead atoms. The van der Waals surface area contributed by atoms with Crippen LogP contribution in [0.5, 0.6) is 0 Å². The second kappa shape index (κ2) is 17.5. The van der Waals surface area contributed by atoms with Gasteiger partial charge in [0.2, 0.25) is 0 Å². The predicted octanol–water partition coefficient (Wildman–Crippen LogP) is -0.941. The molecule has 0 aromatic carbocycles. The van der Waals surface area contributed by atoms with Gasteiger partial charge in [0.15, 0.2) is 0 Å². The molecule has 0 amide bonds. The molecule has 1 fully saturated rings. The molecule has 1 N–H and O–H groups in total. The first-order valence-electron chi connectivity index (χ1n) is 7.23. The molecule has 0 spiro atoms. The van der Waals surface area contributed by atoms with Crippen LogP contribution in [-0.2, 0) is 21.7 Å². The third kappa shape index (κ3) is 13.3. The number of hydrogen-bond donors (Lipinski definition) is 0. The van der Waals surface area contributed by atoms with Crippen LogP contribution in [0.15, 0.2) is 17.3 Å². The second-order valence-corrected chi connectivity index (χ2v) is 11.4. The third-order valence-electron chi connectivity index (χ3n) is 3.50. The SMILES string of the molecule is CCC(C)[NH-].C[SiH]C.C[Si]1(C2=[C-]C=CC2)CCC1.[Cl-].[Cl-].[Ti+4]. The molecule has 0 aromatic rings. The van der Waals surface area contributed by atoms with Crippen LogP contribution in [0, 0.1) is 6.08 Å². The van der Waals surface area contributed by atoms with Crippen LogP contribution in [-0.4, -0.2) is 23.6 Å². The Hall–Kier alpha value is 1.17. The Bertz CT molecular complexity index is 281. The molecule has 1 unspecified atom stereocenters. The Labute approximate surface area is 163 Å². The van der Waals surface area contributed by atoms with Crippen molar-refractivity contribution >= 4 is 17.6 Å². The molecule has 0 aromatic heterocycles. The summed E-state index contributed by atoms with van der Waals surface area (Å²) in [5.41, 5.74) is 6.83. The van der Waals surface area contributed by atoms with Gasteiger partial charge in [0.25, 0.3) is 0 Å². The van der Waals surface area contributed by atoms with Gasteiger partial charge >= 0.3 is 21.7 Å². The predicted molar refractivity (Wildman–Crippen MR) is 89.3 cm³/mol. The van der Waals surface area contributed by atoms with Crippen molar-refractivity contribution in [3.05, 3.63) is 29.2 Å². The number of nitrogens with one attached hydrogen (secondary N) is 1. The summed E-state index contributed by atoms with van der Waals surface area (Å²) in [4.78, 5) is 0. The molecule has 1 nitrogen and oxygen atoms in total. The van der Waals surface area contributed by atoms with E-state index in [2.05, 4.69) is 37.9 Å². The Morgan fingerprint density at radius 2 is 1.76 bits per heavy atom. The number of hydrogen-bond acceptors (Lipinski definition) is 0. The minimum atomic E-state index is -0.821. The van der Waals surface area contributed by atoms with E-state index in [-0.39, 0.29) is 52.6 Å². The minimum Gasteiger partial charge on any atom is -1.00 e. The van der Waals surface area contributed by atoms with E-state index in [1.165, 1.54) is 24.9 Å². The molecule has 1 radical (unpaired) electrons. The number of halogens is 2. The smallest absolute Gasteiger partial charge is 1.00 e. The fraction of sp³-hybridized carbons (Fsp3) is 0.733. The fourth-order valence-electron chi connectivity index (χ4n) is 1.82. The van der Waals surface area contributed by atoms with Gasteiger partial charge in [0, 0.05) is 9.52 Å². The van der Waals surface area contributed by atoms with Crippen molar-refractivity contribution in [1.82, 2.24) is 0 Å². The number of allylic oxidation sites excluding steroid dienone is 4. The van der Waals surface area contributed by atoms with E-state index in [4.69, 9.17) is 5.73 Å². The van der Waals surface area contributed by atoms with Crippen molar-refractivity contribution in [3.63, 3.8) is 0 Å². The summed E-state index contributed by atoms with van der Waals surface area (Å²) < 4.78 is 0. The third-order valence-corrected chi connectivity index (χ3v) is 8.22. The maximum Gasteiger partial charge on any atom is 4.00 e. The Morgan fingerprint density at radius 1 is 1.33 bits per heavy atom. The number of rotatable bonds is 2. The largest absolute Gasteiger partial charge is 4.00 e. The summed E-state index contributed by atoms with van der Waals surface area (Å²) in [7, 11) is -0.0706. The fourth-order valence-corrected chi connectivity index (χ4v) is 4.88. The zero-order chi connectivity index (χ0) is 14.0. The van der Waals surface area contributed by atoms with Gasteiger partial charge in [-0.2, -0.15) is 5.20 Å². The summed E-state index contributed by atoms with van der Waals surface area (Å²) in [6.07, 6.45) is 11.4. The first-order valence-corrected chi connectivity index (χ1v) is 12.5. The molecule has 1 atom stereocenters. The average Bonchev–Trinajstić information content (AvgIpc) is 2.81. The van der Waals surface area contributed by atoms with Crippen molar-refractivity contribution in [2.24, 2.45) is 0 Å².